The molecule has 0 radical (unpaired) electrons. The van der Waals surface area contributed by atoms with Gasteiger partial charge in [-0.2, -0.15) is 0 Å². The van der Waals surface area contributed by atoms with E-state index < -0.39 is 0 Å². The Morgan fingerprint density at radius 3 is 2.54 bits per heavy atom. The second-order valence-electron chi connectivity index (χ2n) is 8.84. The first-order chi connectivity index (χ1) is 17.1. The number of rotatable bonds is 6. The number of hydrogen-bond acceptors (Lipinski definition) is 5. The molecule has 0 saturated carbocycles. The molecule has 8 heteroatoms. The number of carbonyl (C=O) groups excluding carboxylic acids is 2. The van der Waals surface area contributed by atoms with E-state index in [4.69, 9.17) is 14.2 Å². The van der Waals surface area contributed by atoms with Gasteiger partial charge in [-0.1, -0.05) is 37.3 Å². The van der Waals surface area contributed by atoms with E-state index in [-0.39, 0.29) is 24.7 Å². The predicted octanol–water partition coefficient (Wildman–Crippen LogP) is 4.28. The van der Waals surface area contributed by atoms with Crippen LogP contribution in [0, 0.1) is 0 Å². The summed E-state index contributed by atoms with van der Waals surface area (Å²) in [5.74, 6) is 1.26. The maximum atomic E-state index is 13.5. The highest BCUT2D eigenvalue weighted by molar-refractivity contribution is 5.88. The Labute approximate surface area is 204 Å². The van der Waals surface area contributed by atoms with Gasteiger partial charge in [0.1, 0.15) is 0 Å². The molecule has 0 unspecified atom stereocenters. The summed E-state index contributed by atoms with van der Waals surface area (Å²) in [5, 5.41) is 1.12. The van der Waals surface area contributed by atoms with Crippen molar-refractivity contribution < 1.29 is 23.8 Å². The number of H-pyrrole nitrogens is 1. The van der Waals surface area contributed by atoms with Gasteiger partial charge in [-0.15, -0.1) is 0 Å². The average molecular weight is 478 g/mol. The van der Waals surface area contributed by atoms with Crippen molar-refractivity contribution in [2.45, 2.75) is 32.6 Å². The van der Waals surface area contributed by atoms with E-state index in [0.29, 0.717) is 50.7 Å². The van der Waals surface area contributed by atoms with Crippen molar-refractivity contribution in [3.8, 4) is 11.5 Å². The van der Waals surface area contributed by atoms with Crippen LogP contribution in [0.15, 0.2) is 42.6 Å². The zero-order valence-corrected chi connectivity index (χ0v) is 20.2. The molecule has 0 aliphatic carbocycles. The van der Waals surface area contributed by atoms with Crippen molar-refractivity contribution in [3.05, 3.63) is 59.3 Å². The molecular formula is C27H31N3O5. The number of ether oxygens (including phenoxy) is 3. The molecule has 5 rings (SSSR count). The van der Waals surface area contributed by atoms with Gasteiger partial charge in [0, 0.05) is 61.2 Å². The van der Waals surface area contributed by atoms with Crippen LogP contribution in [0.2, 0.25) is 0 Å². The average Bonchev–Trinajstić information content (AvgIpc) is 3.54. The first-order valence-corrected chi connectivity index (χ1v) is 12.3. The third kappa shape index (κ3) is 4.40. The lowest BCUT2D eigenvalue weighted by Crippen LogP contribution is -2.50. The van der Waals surface area contributed by atoms with Crippen LogP contribution in [0.3, 0.4) is 0 Å². The van der Waals surface area contributed by atoms with Gasteiger partial charge in [-0.25, -0.2) is 4.79 Å². The summed E-state index contributed by atoms with van der Waals surface area (Å²) in [5.41, 5.74) is 4.36. The topological polar surface area (TPSA) is 84.1 Å². The Hall–Kier alpha value is -3.68. The van der Waals surface area contributed by atoms with Crippen LogP contribution in [-0.4, -0.2) is 66.4 Å². The summed E-state index contributed by atoms with van der Waals surface area (Å²) in [4.78, 5) is 32.6. The number of piperazine rings is 1. The molecule has 0 bridgehead atoms. The third-order valence-corrected chi connectivity index (χ3v) is 6.93. The first-order valence-electron chi connectivity index (χ1n) is 12.3. The van der Waals surface area contributed by atoms with Gasteiger partial charge in [0.25, 0.3) is 0 Å². The summed E-state index contributed by atoms with van der Waals surface area (Å²) < 4.78 is 16.6. The van der Waals surface area contributed by atoms with Gasteiger partial charge in [0.15, 0.2) is 11.5 Å². The molecule has 1 saturated heterocycles. The summed E-state index contributed by atoms with van der Waals surface area (Å²) in [6, 6.07) is 12.2. The number of carbonyl (C=O) groups is 2. The molecule has 0 spiro atoms. The van der Waals surface area contributed by atoms with Crippen molar-refractivity contribution in [2.24, 2.45) is 0 Å². The molecule has 2 aliphatic heterocycles. The van der Waals surface area contributed by atoms with Gasteiger partial charge in [-0.3, -0.25) is 4.79 Å². The van der Waals surface area contributed by atoms with E-state index in [9.17, 15) is 9.59 Å². The van der Waals surface area contributed by atoms with Crippen LogP contribution in [0.4, 0.5) is 4.79 Å². The van der Waals surface area contributed by atoms with Crippen LogP contribution in [0.25, 0.3) is 10.9 Å². The zero-order chi connectivity index (χ0) is 24.4. The second kappa shape index (κ2) is 9.90. The molecule has 3 aromatic rings. The number of amides is 2. The van der Waals surface area contributed by atoms with Crippen LogP contribution in [-0.2, 0) is 16.0 Å². The van der Waals surface area contributed by atoms with E-state index in [2.05, 4.69) is 30.1 Å². The van der Waals surface area contributed by atoms with E-state index in [1.165, 1.54) is 5.56 Å². The molecule has 1 atom stereocenters. The fraction of sp³-hybridized carbons (Fsp3) is 0.407. The van der Waals surface area contributed by atoms with Gasteiger partial charge < -0.3 is 29.0 Å². The van der Waals surface area contributed by atoms with Gasteiger partial charge in [0.05, 0.1) is 6.61 Å². The minimum atomic E-state index is -0.319. The standard InChI is InChI=1S/C27H31N3O5/c1-3-18-7-5-8-19-22(16-28-25(18)19)21(20-9-6-10-23-26(20)35-17-34-23)15-24(31)29-11-13-30(14-12-29)27(32)33-4-2/h5-10,16,21,28H,3-4,11-15,17H2,1-2H3/t21-/m1/s1. The second-order valence-corrected chi connectivity index (χ2v) is 8.84. The first kappa shape index (κ1) is 23.1. The fourth-order valence-corrected chi connectivity index (χ4v) is 5.09. The number of para-hydroxylation sites is 2. The van der Waals surface area contributed by atoms with E-state index in [0.717, 1.165) is 28.5 Å². The number of nitrogens with one attached hydrogen (secondary N) is 1. The van der Waals surface area contributed by atoms with Gasteiger partial charge in [-0.05, 0) is 30.5 Å². The fourth-order valence-electron chi connectivity index (χ4n) is 5.09. The Bertz CT molecular complexity index is 1230. The quantitative estimate of drug-likeness (QED) is 0.573. The lowest BCUT2D eigenvalue weighted by atomic mass is 9.86. The summed E-state index contributed by atoms with van der Waals surface area (Å²) in [7, 11) is 0. The predicted molar refractivity (Wildman–Crippen MR) is 132 cm³/mol. The van der Waals surface area contributed by atoms with Crippen LogP contribution >= 0.6 is 0 Å². The summed E-state index contributed by atoms with van der Waals surface area (Å²) in [6.45, 7) is 6.38. The largest absolute Gasteiger partial charge is 0.454 e. The lowest BCUT2D eigenvalue weighted by Gasteiger charge is -2.34. The van der Waals surface area contributed by atoms with E-state index in [1.54, 1.807) is 11.8 Å². The minimum absolute atomic E-state index is 0.0519. The van der Waals surface area contributed by atoms with Crippen LogP contribution in [0.1, 0.15) is 42.9 Å². The molecule has 3 heterocycles. The molecule has 8 nitrogen and oxygen atoms in total. The van der Waals surface area contributed by atoms with E-state index >= 15 is 0 Å². The number of nitrogens with zero attached hydrogens (tertiary/aromatic N) is 2. The maximum Gasteiger partial charge on any atom is 0.409 e. The normalized spacial score (nSPS) is 15.9. The minimum Gasteiger partial charge on any atom is -0.454 e. The van der Waals surface area contributed by atoms with Crippen molar-refractivity contribution in [3.63, 3.8) is 0 Å². The Kier molecular flexibility index (Phi) is 6.53. The lowest BCUT2D eigenvalue weighted by molar-refractivity contribution is -0.133. The molecule has 184 valence electrons. The maximum absolute atomic E-state index is 13.5. The zero-order valence-electron chi connectivity index (χ0n) is 20.2. The number of aromatic nitrogens is 1. The van der Waals surface area contributed by atoms with E-state index in [1.807, 2.05) is 29.3 Å². The molecule has 1 fully saturated rings. The van der Waals surface area contributed by atoms with Crippen molar-refractivity contribution in [1.82, 2.24) is 14.8 Å². The highest BCUT2D eigenvalue weighted by atomic mass is 16.7. The van der Waals surface area contributed by atoms with Crippen molar-refractivity contribution in [1.29, 1.82) is 0 Å². The molecule has 1 aromatic heterocycles. The summed E-state index contributed by atoms with van der Waals surface area (Å²) >= 11 is 0. The number of hydrogen-bond donors (Lipinski definition) is 1. The summed E-state index contributed by atoms with van der Waals surface area (Å²) in [6.07, 6.45) is 2.92. The molecule has 2 aromatic carbocycles. The van der Waals surface area contributed by atoms with Crippen LogP contribution < -0.4 is 9.47 Å². The van der Waals surface area contributed by atoms with Gasteiger partial charge in [0.2, 0.25) is 12.7 Å². The molecule has 2 amide bonds. The highest BCUT2D eigenvalue weighted by Crippen LogP contribution is 2.44. The smallest absolute Gasteiger partial charge is 0.409 e. The molecule has 2 aliphatic rings. The third-order valence-electron chi connectivity index (χ3n) is 6.93. The van der Waals surface area contributed by atoms with Crippen molar-refractivity contribution in [2.75, 3.05) is 39.6 Å². The monoisotopic (exact) mass is 477 g/mol. The molecule has 35 heavy (non-hydrogen) atoms. The Morgan fingerprint density at radius 2 is 1.77 bits per heavy atom. The van der Waals surface area contributed by atoms with Crippen molar-refractivity contribution >= 4 is 22.9 Å². The number of aryl methyl sites for hydroxylation is 1. The highest BCUT2D eigenvalue weighted by Gasteiger charge is 2.31. The molecule has 1 N–H and O–H groups in total. The molecular weight excluding hydrogens is 446 g/mol. The Balaban J connectivity index is 1.44. The van der Waals surface area contributed by atoms with Crippen LogP contribution in [0.5, 0.6) is 11.5 Å². The number of aromatic amines is 1. The SMILES string of the molecule is CCOC(=O)N1CCN(C(=O)C[C@H](c2cccc3c2OCO3)c2c[nH]c3c(CC)cccc23)CC1. The van der Waals surface area contributed by atoms with Gasteiger partial charge >= 0.3 is 6.09 Å². The Morgan fingerprint density at radius 1 is 1.00 bits per heavy atom. The number of benzene rings is 2. The number of fused-ring (bicyclic) bond motifs is 2.